The second kappa shape index (κ2) is 5.59. The summed E-state index contributed by atoms with van der Waals surface area (Å²) in [6.07, 6.45) is 0. The highest BCUT2D eigenvalue weighted by molar-refractivity contribution is 6.33. The second-order valence-corrected chi connectivity index (χ2v) is 4.72. The summed E-state index contributed by atoms with van der Waals surface area (Å²) < 4.78 is 18.6. The Morgan fingerprint density at radius 1 is 1.21 bits per heavy atom. The highest BCUT2D eigenvalue weighted by Gasteiger charge is 2.11. The predicted octanol–water partition coefficient (Wildman–Crippen LogP) is 3.92. The second-order valence-electron chi connectivity index (χ2n) is 4.31. The van der Waals surface area contributed by atoms with Crippen molar-refractivity contribution in [3.05, 3.63) is 52.3 Å². The molecule has 0 radical (unpaired) electrons. The van der Waals surface area contributed by atoms with E-state index < -0.39 is 0 Å². The highest BCUT2D eigenvalue weighted by atomic mass is 35.5. The summed E-state index contributed by atoms with van der Waals surface area (Å²) in [5.74, 6) is 0.427. The Labute approximate surface area is 117 Å². The quantitative estimate of drug-likeness (QED) is 0.924. The molecule has 19 heavy (non-hydrogen) atoms. The van der Waals surface area contributed by atoms with Gasteiger partial charge in [-0.1, -0.05) is 17.7 Å². The third-order valence-electron chi connectivity index (χ3n) is 3.07. The SMILES string of the molecule is COc1ccc(-c2cc(C)c(F)cc2Cl)c(CN)c1. The summed E-state index contributed by atoms with van der Waals surface area (Å²) in [5, 5.41) is 0.378. The van der Waals surface area contributed by atoms with Crippen molar-refractivity contribution in [2.45, 2.75) is 13.5 Å². The first-order chi connectivity index (χ1) is 9.06. The molecule has 2 aromatic rings. The maximum Gasteiger partial charge on any atom is 0.127 e. The van der Waals surface area contributed by atoms with Gasteiger partial charge in [0, 0.05) is 12.1 Å². The minimum absolute atomic E-state index is 0.309. The Morgan fingerprint density at radius 2 is 1.95 bits per heavy atom. The normalized spacial score (nSPS) is 10.6. The van der Waals surface area contributed by atoms with Gasteiger partial charge >= 0.3 is 0 Å². The number of ether oxygens (including phenoxy) is 1. The minimum Gasteiger partial charge on any atom is -0.497 e. The summed E-state index contributed by atoms with van der Waals surface area (Å²) in [4.78, 5) is 0. The van der Waals surface area contributed by atoms with E-state index in [4.69, 9.17) is 22.1 Å². The molecule has 0 saturated carbocycles. The van der Waals surface area contributed by atoms with Crippen LogP contribution in [0.2, 0.25) is 5.02 Å². The van der Waals surface area contributed by atoms with Crippen molar-refractivity contribution in [3.63, 3.8) is 0 Å². The topological polar surface area (TPSA) is 35.2 Å². The van der Waals surface area contributed by atoms with E-state index in [9.17, 15) is 4.39 Å². The molecule has 0 fully saturated rings. The largest absolute Gasteiger partial charge is 0.497 e. The van der Waals surface area contributed by atoms with Gasteiger partial charge in [-0.3, -0.25) is 0 Å². The maximum absolute atomic E-state index is 13.4. The van der Waals surface area contributed by atoms with Gasteiger partial charge in [0.25, 0.3) is 0 Å². The summed E-state index contributed by atoms with van der Waals surface area (Å²) in [6.45, 7) is 2.07. The molecule has 0 aliphatic carbocycles. The van der Waals surface area contributed by atoms with E-state index in [0.29, 0.717) is 17.1 Å². The summed E-state index contributed by atoms with van der Waals surface area (Å²) in [7, 11) is 1.60. The standard InChI is InChI=1S/C15H15ClFNO/c1-9-5-13(14(16)7-15(9)17)12-4-3-11(19-2)6-10(12)8-18/h3-7H,8,18H2,1-2H3. The average Bonchev–Trinajstić information content (AvgIpc) is 2.42. The molecule has 100 valence electrons. The molecule has 2 aromatic carbocycles. The number of methoxy groups -OCH3 is 1. The molecule has 2 nitrogen and oxygen atoms in total. The first-order valence-electron chi connectivity index (χ1n) is 5.89. The van der Waals surface area contributed by atoms with Crippen LogP contribution in [-0.2, 0) is 6.54 Å². The Kier molecular flexibility index (Phi) is 4.08. The van der Waals surface area contributed by atoms with Crippen molar-refractivity contribution < 1.29 is 9.13 Å². The summed E-state index contributed by atoms with van der Waals surface area (Å²) in [5.41, 5.74) is 8.90. The van der Waals surface area contributed by atoms with Gasteiger partial charge in [-0.15, -0.1) is 0 Å². The molecule has 0 unspecified atom stereocenters. The van der Waals surface area contributed by atoms with E-state index in [2.05, 4.69) is 0 Å². The average molecular weight is 280 g/mol. The number of halogens is 2. The lowest BCUT2D eigenvalue weighted by atomic mass is 9.97. The smallest absolute Gasteiger partial charge is 0.127 e. The number of hydrogen-bond acceptors (Lipinski definition) is 2. The molecular weight excluding hydrogens is 265 g/mol. The van der Waals surface area contributed by atoms with Gasteiger partial charge in [-0.05, 0) is 47.9 Å². The molecule has 4 heteroatoms. The zero-order valence-corrected chi connectivity index (χ0v) is 11.6. The van der Waals surface area contributed by atoms with Crippen LogP contribution in [0.15, 0.2) is 30.3 Å². The zero-order valence-electron chi connectivity index (χ0n) is 10.8. The van der Waals surface area contributed by atoms with Crippen LogP contribution in [0.25, 0.3) is 11.1 Å². The van der Waals surface area contributed by atoms with Crippen molar-refractivity contribution in [2.24, 2.45) is 5.73 Å². The lowest BCUT2D eigenvalue weighted by molar-refractivity contribution is 0.414. The Balaban J connectivity index is 2.61. The van der Waals surface area contributed by atoms with Crippen molar-refractivity contribution in [1.82, 2.24) is 0 Å². The minimum atomic E-state index is -0.309. The first-order valence-corrected chi connectivity index (χ1v) is 6.27. The number of hydrogen-bond donors (Lipinski definition) is 1. The molecule has 0 aliphatic rings. The Bertz CT molecular complexity index is 613. The number of aryl methyl sites for hydroxylation is 1. The molecule has 0 heterocycles. The van der Waals surface area contributed by atoms with Gasteiger partial charge in [0.1, 0.15) is 11.6 Å². The van der Waals surface area contributed by atoms with Gasteiger partial charge in [-0.2, -0.15) is 0 Å². The number of rotatable bonds is 3. The van der Waals surface area contributed by atoms with E-state index >= 15 is 0 Å². The van der Waals surface area contributed by atoms with Crippen LogP contribution < -0.4 is 10.5 Å². The Morgan fingerprint density at radius 3 is 2.58 bits per heavy atom. The fourth-order valence-electron chi connectivity index (χ4n) is 1.99. The third kappa shape index (κ3) is 2.72. The molecule has 0 aliphatic heterocycles. The van der Waals surface area contributed by atoms with Crippen molar-refractivity contribution in [2.75, 3.05) is 7.11 Å². The van der Waals surface area contributed by atoms with Crippen LogP contribution >= 0.6 is 11.6 Å². The van der Waals surface area contributed by atoms with Gasteiger partial charge in [0.2, 0.25) is 0 Å². The van der Waals surface area contributed by atoms with E-state index in [-0.39, 0.29) is 5.82 Å². The van der Waals surface area contributed by atoms with Crippen LogP contribution in [0.4, 0.5) is 4.39 Å². The van der Waals surface area contributed by atoms with Gasteiger partial charge in [-0.25, -0.2) is 4.39 Å². The molecular formula is C15H15ClFNO. The zero-order chi connectivity index (χ0) is 14.0. The molecule has 0 aromatic heterocycles. The highest BCUT2D eigenvalue weighted by Crippen LogP contribution is 2.34. The lowest BCUT2D eigenvalue weighted by Gasteiger charge is -2.12. The van der Waals surface area contributed by atoms with E-state index in [1.165, 1.54) is 6.07 Å². The maximum atomic E-state index is 13.4. The van der Waals surface area contributed by atoms with E-state index in [0.717, 1.165) is 22.4 Å². The van der Waals surface area contributed by atoms with Crippen LogP contribution in [-0.4, -0.2) is 7.11 Å². The van der Waals surface area contributed by atoms with Crippen molar-refractivity contribution in [3.8, 4) is 16.9 Å². The first kappa shape index (κ1) is 13.8. The number of benzene rings is 2. The van der Waals surface area contributed by atoms with E-state index in [1.807, 2.05) is 18.2 Å². The summed E-state index contributed by atoms with van der Waals surface area (Å²) >= 11 is 6.13. The van der Waals surface area contributed by atoms with Crippen molar-refractivity contribution in [1.29, 1.82) is 0 Å². The molecule has 0 spiro atoms. The van der Waals surface area contributed by atoms with Crippen LogP contribution in [0, 0.1) is 12.7 Å². The van der Waals surface area contributed by atoms with Crippen LogP contribution in [0.1, 0.15) is 11.1 Å². The van der Waals surface area contributed by atoms with Crippen LogP contribution in [0.3, 0.4) is 0 Å². The molecule has 0 amide bonds. The number of nitrogens with two attached hydrogens (primary N) is 1. The lowest BCUT2D eigenvalue weighted by Crippen LogP contribution is -2.00. The molecule has 0 bridgehead atoms. The molecule has 0 saturated heterocycles. The molecule has 2 N–H and O–H groups in total. The van der Waals surface area contributed by atoms with E-state index in [1.54, 1.807) is 20.1 Å². The molecule has 2 rings (SSSR count). The van der Waals surface area contributed by atoms with Gasteiger partial charge in [0.15, 0.2) is 0 Å². The van der Waals surface area contributed by atoms with Gasteiger partial charge < -0.3 is 10.5 Å². The third-order valence-corrected chi connectivity index (χ3v) is 3.38. The monoisotopic (exact) mass is 279 g/mol. The fourth-order valence-corrected chi connectivity index (χ4v) is 2.24. The predicted molar refractivity (Wildman–Crippen MR) is 76.0 cm³/mol. The van der Waals surface area contributed by atoms with Crippen molar-refractivity contribution >= 4 is 11.6 Å². The van der Waals surface area contributed by atoms with Gasteiger partial charge in [0.05, 0.1) is 12.1 Å². The molecule has 0 atom stereocenters. The summed E-state index contributed by atoms with van der Waals surface area (Å²) in [6, 6.07) is 8.66. The fraction of sp³-hybridized carbons (Fsp3) is 0.200. The Hall–Kier alpha value is -1.58. The van der Waals surface area contributed by atoms with Crippen LogP contribution in [0.5, 0.6) is 5.75 Å².